The van der Waals surface area contributed by atoms with E-state index in [1.54, 1.807) is 0 Å². The molecule has 2 fully saturated rings. The molecule has 2 heterocycles. The maximum Gasteiger partial charge on any atom is 0.317 e. The van der Waals surface area contributed by atoms with Crippen molar-refractivity contribution in [3.8, 4) is 0 Å². The minimum absolute atomic E-state index is 0.0560. The number of hydroxylamine groups is 1. The van der Waals surface area contributed by atoms with Crippen LogP contribution in [-0.4, -0.2) is 42.8 Å². The average molecular weight is 412 g/mol. The highest BCUT2D eigenvalue weighted by Gasteiger charge is 2.28. The SMILES string of the molecule is O=C(NOC1CCCCO1)C1C=C2CCN(C(=O)NCc3ccccc3)CC2=CC1. The summed E-state index contributed by atoms with van der Waals surface area (Å²) in [6.07, 6.45) is 8.01. The Kier molecular flexibility index (Phi) is 6.81. The topological polar surface area (TPSA) is 79.9 Å². The molecule has 0 saturated carbocycles. The highest BCUT2D eigenvalue weighted by Crippen LogP contribution is 2.30. The molecule has 2 N–H and O–H groups in total. The third-order valence-corrected chi connectivity index (χ3v) is 5.78. The molecular weight excluding hydrogens is 382 g/mol. The molecule has 1 aromatic carbocycles. The first-order valence-electron chi connectivity index (χ1n) is 10.7. The van der Waals surface area contributed by atoms with Gasteiger partial charge in [0.1, 0.15) is 0 Å². The summed E-state index contributed by atoms with van der Waals surface area (Å²) in [5.41, 5.74) is 5.93. The third-order valence-electron chi connectivity index (χ3n) is 5.78. The van der Waals surface area contributed by atoms with E-state index < -0.39 is 0 Å². The lowest BCUT2D eigenvalue weighted by molar-refractivity contribution is -0.201. The van der Waals surface area contributed by atoms with Gasteiger partial charge in [-0.15, -0.1) is 0 Å². The lowest BCUT2D eigenvalue weighted by atomic mass is 9.86. The predicted octanol–water partition coefficient (Wildman–Crippen LogP) is 3.05. The number of urea groups is 1. The molecule has 0 radical (unpaired) electrons. The standard InChI is InChI=1S/C23H29N3O4/c27-22(25-30-21-8-4-5-13-29-21)19-9-10-20-16-26(12-11-18(20)14-19)23(28)24-15-17-6-2-1-3-7-17/h1-3,6-7,10,14,19,21H,4-5,8-9,11-13,15-16H2,(H,24,28)(H,25,27). The predicted molar refractivity (Wildman–Crippen MR) is 112 cm³/mol. The van der Waals surface area contributed by atoms with E-state index in [1.165, 1.54) is 0 Å². The van der Waals surface area contributed by atoms with Crippen molar-refractivity contribution >= 4 is 11.9 Å². The van der Waals surface area contributed by atoms with Gasteiger partial charge in [0, 0.05) is 32.7 Å². The second kappa shape index (κ2) is 9.91. The third kappa shape index (κ3) is 5.29. The monoisotopic (exact) mass is 411 g/mol. The first-order valence-corrected chi connectivity index (χ1v) is 10.7. The van der Waals surface area contributed by atoms with E-state index in [4.69, 9.17) is 9.57 Å². The van der Waals surface area contributed by atoms with Crippen LogP contribution in [0, 0.1) is 5.92 Å². The van der Waals surface area contributed by atoms with Gasteiger partial charge in [0.2, 0.25) is 0 Å². The molecule has 30 heavy (non-hydrogen) atoms. The quantitative estimate of drug-likeness (QED) is 0.730. The second-order valence-corrected chi connectivity index (χ2v) is 7.96. The molecule has 1 aromatic rings. The Hall–Kier alpha value is -2.64. The van der Waals surface area contributed by atoms with Gasteiger partial charge in [-0.2, -0.15) is 0 Å². The molecule has 0 spiro atoms. The summed E-state index contributed by atoms with van der Waals surface area (Å²) in [7, 11) is 0. The molecule has 1 aliphatic carbocycles. The summed E-state index contributed by atoms with van der Waals surface area (Å²) in [5, 5.41) is 2.99. The van der Waals surface area contributed by atoms with Gasteiger partial charge in [0.25, 0.3) is 5.91 Å². The molecule has 2 aliphatic heterocycles. The van der Waals surface area contributed by atoms with Crippen LogP contribution in [0.2, 0.25) is 0 Å². The van der Waals surface area contributed by atoms with Crippen LogP contribution in [0.5, 0.6) is 0 Å². The lowest BCUT2D eigenvalue weighted by Gasteiger charge is -2.33. The Morgan fingerprint density at radius 1 is 1.17 bits per heavy atom. The molecule has 3 amide bonds. The van der Waals surface area contributed by atoms with Gasteiger partial charge < -0.3 is 15.0 Å². The highest BCUT2D eigenvalue weighted by atomic mass is 16.8. The zero-order valence-electron chi connectivity index (χ0n) is 17.1. The van der Waals surface area contributed by atoms with E-state index in [2.05, 4.69) is 16.9 Å². The Morgan fingerprint density at radius 3 is 2.83 bits per heavy atom. The van der Waals surface area contributed by atoms with Gasteiger partial charge >= 0.3 is 6.03 Å². The van der Waals surface area contributed by atoms with E-state index in [1.807, 2.05) is 41.3 Å². The number of nitrogens with one attached hydrogen (secondary N) is 2. The Morgan fingerprint density at radius 2 is 2.03 bits per heavy atom. The summed E-state index contributed by atoms with van der Waals surface area (Å²) in [6.45, 7) is 2.41. The van der Waals surface area contributed by atoms with Crippen LogP contribution in [0.1, 0.15) is 37.7 Å². The number of ether oxygens (including phenoxy) is 1. The summed E-state index contributed by atoms with van der Waals surface area (Å²) in [5.74, 6) is -0.388. The van der Waals surface area contributed by atoms with Crippen molar-refractivity contribution in [2.24, 2.45) is 5.92 Å². The number of piperidine rings is 1. The molecule has 0 aromatic heterocycles. The van der Waals surface area contributed by atoms with E-state index in [9.17, 15) is 9.59 Å². The number of amides is 3. The number of carbonyl (C=O) groups excluding carboxylic acids is 2. The number of rotatable bonds is 5. The minimum atomic E-state index is -0.345. The molecule has 2 unspecified atom stereocenters. The lowest BCUT2D eigenvalue weighted by Crippen LogP contribution is -2.44. The van der Waals surface area contributed by atoms with E-state index in [0.29, 0.717) is 32.7 Å². The van der Waals surface area contributed by atoms with Crippen molar-refractivity contribution in [2.75, 3.05) is 19.7 Å². The molecule has 0 bridgehead atoms. The summed E-state index contributed by atoms with van der Waals surface area (Å²) >= 11 is 0. The minimum Gasteiger partial charge on any atom is -0.350 e. The van der Waals surface area contributed by atoms with E-state index >= 15 is 0 Å². The second-order valence-electron chi connectivity index (χ2n) is 7.96. The zero-order chi connectivity index (χ0) is 20.8. The van der Waals surface area contributed by atoms with Gasteiger partial charge in [0.15, 0.2) is 6.29 Å². The molecule has 7 heteroatoms. The van der Waals surface area contributed by atoms with Crippen molar-refractivity contribution < 1.29 is 19.2 Å². The molecule has 2 saturated heterocycles. The van der Waals surface area contributed by atoms with Gasteiger partial charge in [-0.25, -0.2) is 15.1 Å². The number of carbonyl (C=O) groups is 2. The maximum atomic E-state index is 12.5. The van der Waals surface area contributed by atoms with Crippen LogP contribution in [0.25, 0.3) is 0 Å². The number of hydrogen-bond acceptors (Lipinski definition) is 4. The summed E-state index contributed by atoms with van der Waals surface area (Å²) < 4.78 is 5.48. The largest absolute Gasteiger partial charge is 0.350 e. The van der Waals surface area contributed by atoms with E-state index in [-0.39, 0.29) is 24.1 Å². The molecule has 160 valence electrons. The van der Waals surface area contributed by atoms with Crippen molar-refractivity contribution in [3.05, 3.63) is 59.2 Å². The van der Waals surface area contributed by atoms with Crippen LogP contribution in [-0.2, 0) is 20.9 Å². The number of nitrogens with zero attached hydrogens (tertiary/aromatic N) is 1. The summed E-state index contributed by atoms with van der Waals surface area (Å²) in [4.78, 5) is 32.2. The van der Waals surface area contributed by atoms with Gasteiger partial charge in [-0.3, -0.25) is 4.79 Å². The molecule has 7 nitrogen and oxygen atoms in total. The first kappa shape index (κ1) is 20.6. The Labute approximate surface area is 177 Å². The average Bonchev–Trinajstić information content (AvgIpc) is 2.81. The zero-order valence-corrected chi connectivity index (χ0v) is 17.1. The number of hydrogen-bond donors (Lipinski definition) is 2. The fourth-order valence-corrected chi connectivity index (χ4v) is 4.01. The smallest absolute Gasteiger partial charge is 0.317 e. The van der Waals surface area contributed by atoms with Gasteiger partial charge in [-0.1, -0.05) is 42.5 Å². The van der Waals surface area contributed by atoms with Crippen LogP contribution in [0.15, 0.2) is 53.6 Å². The number of fused-ring (bicyclic) bond motifs is 1. The van der Waals surface area contributed by atoms with E-state index in [0.717, 1.165) is 42.4 Å². The van der Waals surface area contributed by atoms with Gasteiger partial charge in [0.05, 0.1) is 5.92 Å². The molecular formula is C23H29N3O4. The van der Waals surface area contributed by atoms with Crippen LogP contribution < -0.4 is 10.8 Å². The number of allylic oxidation sites excluding steroid dienone is 1. The Bertz CT molecular complexity index is 815. The summed E-state index contributed by atoms with van der Waals surface area (Å²) in [6, 6.07) is 9.83. The molecule has 2 atom stereocenters. The molecule has 3 aliphatic rings. The maximum absolute atomic E-state index is 12.5. The number of benzene rings is 1. The van der Waals surface area contributed by atoms with Crippen molar-refractivity contribution in [1.29, 1.82) is 0 Å². The van der Waals surface area contributed by atoms with Crippen LogP contribution in [0.4, 0.5) is 4.79 Å². The van der Waals surface area contributed by atoms with Crippen molar-refractivity contribution in [3.63, 3.8) is 0 Å². The Balaban J connectivity index is 1.25. The van der Waals surface area contributed by atoms with Crippen molar-refractivity contribution in [1.82, 2.24) is 15.7 Å². The normalized spacial score (nSPS) is 23.7. The van der Waals surface area contributed by atoms with Crippen molar-refractivity contribution in [2.45, 2.75) is 44.9 Å². The first-order chi connectivity index (χ1) is 14.7. The number of likely N-dealkylation sites (tertiary alicyclic amines) is 1. The fraction of sp³-hybridized carbons (Fsp3) is 0.478. The fourth-order valence-electron chi connectivity index (χ4n) is 4.01. The molecule has 4 rings (SSSR count). The highest BCUT2D eigenvalue weighted by molar-refractivity contribution is 5.81. The van der Waals surface area contributed by atoms with Crippen LogP contribution >= 0.6 is 0 Å². The van der Waals surface area contributed by atoms with Gasteiger partial charge in [-0.05, 0) is 42.4 Å². The van der Waals surface area contributed by atoms with Crippen LogP contribution in [0.3, 0.4) is 0 Å².